The molecule has 12 nitrogen and oxygen atoms in total. The number of rotatable bonds is 10. The first-order valence-electron chi connectivity index (χ1n) is 14.3. The summed E-state index contributed by atoms with van der Waals surface area (Å²) in [5.74, 6) is -1.63. The number of ether oxygens (including phenoxy) is 1. The molecular weight excluding hydrogens is 630 g/mol. The number of nitrogens with one attached hydrogen (secondary N) is 2. The number of unbranched alkanes of at least 4 members (excludes halogenated alkanes) is 1. The Morgan fingerprint density at radius 1 is 1.09 bits per heavy atom. The van der Waals surface area contributed by atoms with Gasteiger partial charge >= 0.3 is 12.3 Å². The number of carbonyl (C=O) groups excluding carboxylic acids is 3. The molecule has 2 heterocycles. The van der Waals surface area contributed by atoms with Crippen LogP contribution >= 0.6 is 0 Å². The number of likely N-dealkylation sites (N-methyl/N-ethyl adjacent to an activating group) is 1. The average Bonchev–Trinajstić information content (AvgIpc) is 3.36. The van der Waals surface area contributed by atoms with E-state index in [0.29, 0.717) is 12.8 Å². The number of aliphatic hydroxyl groups is 2. The Morgan fingerprint density at radius 3 is 2.34 bits per heavy atom. The number of anilines is 1. The van der Waals surface area contributed by atoms with Crippen molar-refractivity contribution in [1.29, 1.82) is 0 Å². The number of aryl methyl sites for hydroxylation is 1. The molecule has 47 heavy (non-hydrogen) atoms. The monoisotopic (exact) mass is 671 g/mol. The molecule has 3 aromatic rings. The van der Waals surface area contributed by atoms with Gasteiger partial charge in [-0.1, -0.05) is 6.08 Å². The lowest BCUT2D eigenvalue weighted by Gasteiger charge is -2.21. The van der Waals surface area contributed by atoms with E-state index < -0.39 is 48.0 Å². The van der Waals surface area contributed by atoms with Crippen molar-refractivity contribution in [3.05, 3.63) is 70.2 Å². The van der Waals surface area contributed by atoms with Crippen molar-refractivity contribution in [3.63, 3.8) is 0 Å². The van der Waals surface area contributed by atoms with Gasteiger partial charge in [-0.05, 0) is 69.9 Å². The number of carbonyl (C=O) groups is 3. The van der Waals surface area contributed by atoms with Crippen molar-refractivity contribution in [2.45, 2.75) is 71.2 Å². The minimum Gasteiger partial charge on any atom is -0.443 e. The summed E-state index contributed by atoms with van der Waals surface area (Å²) in [4.78, 5) is 54.4. The maximum Gasteiger partial charge on any atom is 0.420 e. The summed E-state index contributed by atoms with van der Waals surface area (Å²) >= 11 is 0. The number of halogens is 4. The molecule has 260 valence electrons. The molecule has 0 radical (unpaired) electrons. The molecule has 2 aromatic heterocycles. The van der Waals surface area contributed by atoms with Crippen molar-refractivity contribution >= 4 is 34.6 Å². The fraction of sp³-hybridized carbons (Fsp3) is 0.452. The van der Waals surface area contributed by atoms with Gasteiger partial charge in [-0.15, -0.1) is 0 Å². The highest BCUT2D eigenvalue weighted by molar-refractivity contribution is 5.91. The van der Waals surface area contributed by atoms with Crippen molar-refractivity contribution < 1.29 is 46.9 Å². The highest BCUT2D eigenvalue weighted by Crippen LogP contribution is 2.29. The van der Waals surface area contributed by atoms with Crippen LogP contribution in [0, 0.1) is 5.82 Å². The van der Waals surface area contributed by atoms with Crippen LogP contribution in [-0.2, 0) is 27.3 Å². The molecule has 0 atom stereocenters. The Labute approximate surface area is 269 Å². The second kappa shape index (κ2) is 18.5. The van der Waals surface area contributed by atoms with Gasteiger partial charge in [0.2, 0.25) is 11.8 Å². The van der Waals surface area contributed by atoms with Gasteiger partial charge in [0.1, 0.15) is 22.9 Å². The number of imidazole rings is 1. The Kier molecular flexibility index (Phi) is 16.0. The van der Waals surface area contributed by atoms with E-state index >= 15 is 0 Å². The van der Waals surface area contributed by atoms with Crippen molar-refractivity contribution in [1.82, 2.24) is 19.4 Å². The first-order valence-corrected chi connectivity index (χ1v) is 14.3. The van der Waals surface area contributed by atoms with E-state index in [9.17, 15) is 36.7 Å². The summed E-state index contributed by atoms with van der Waals surface area (Å²) in [6.45, 7) is 4.45. The third-order valence-electron chi connectivity index (χ3n) is 6.01. The van der Waals surface area contributed by atoms with Crippen LogP contribution in [0.25, 0.3) is 11.0 Å². The van der Waals surface area contributed by atoms with Gasteiger partial charge < -0.3 is 30.2 Å². The number of amides is 2. The van der Waals surface area contributed by atoms with Crippen LogP contribution in [0.3, 0.4) is 0 Å². The molecule has 3 rings (SSSR count). The molecule has 16 heteroatoms. The Morgan fingerprint density at radius 2 is 1.74 bits per heavy atom. The van der Waals surface area contributed by atoms with E-state index in [-0.39, 0.29) is 47.0 Å². The maximum absolute atomic E-state index is 14.4. The molecule has 1 aromatic carbocycles. The molecule has 0 saturated carbocycles. The zero-order valence-electron chi connectivity index (χ0n) is 27.1. The Balaban J connectivity index is 0.00000265. The number of nitrogens with zero attached hydrogens (tertiary/aromatic N) is 3. The van der Waals surface area contributed by atoms with E-state index in [2.05, 4.69) is 15.6 Å². The fourth-order valence-electron chi connectivity index (χ4n) is 4.15. The SMILES string of the molecule is CNC(=O)/C=C/CCCC(=O)Nc1cccn(Cc2nc3cc(F)cc(CCC(F)(F)F)c3n2C(=O)OC(C)(C)C)c1=O.CO.CO. The zero-order valence-corrected chi connectivity index (χ0v) is 27.1. The highest BCUT2D eigenvalue weighted by Gasteiger charge is 2.30. The Bertz CT molecular complexity index is 1590. The minimum atomic E-state index is -4.53. The predicted molar refractivity (Wildman–Crippen MR) is 167 cm³/mol. The van der Waals surface area contributed by atoms with Crippen LogP contribution in [0.1, 0.15) is 57.8 Å². The molecule has 0 spiro atoms. The van der Waals surface area contributed by atoms with Gasteiger partial charge in [-0.2, -0.15) is 13.2 Å². The topological polar surface area (TPSA) is 165 Å². The smallest absolute Gasteiger partial charge is 0.420 e. The molecule has 0 aliphatic heterocycles. The van der Waals surface area contributed by atoms with Crippen LogP contribution in [0.5, 0.6) is 0 Å². The number of allylic oxidation sites excluding steroid dienone is 1. The summed E-state index contributed by atoms with van der Waals surface area (Å²) < 4.78 is 61.1. The van der Waals surface area contributed by atoms with Crippen molar-refractivity contribution in [2.24, 2.45) is 0 Å². The third-order valence-corrected chi connectivity index (χ3v) is 6.01. The van der Waals surface area contributed by atoms with Gasteiger partial charge in [0.05, 0.1) is 17.6 Å². The minimum absolute atomic E-state index is 0.0507. The van der Waals surface area contributed by atoms with E-state index in [1.807, 2.05) is 0 Å². The van der Waals surface area contributed by atoms with Gasteiger partial charge in [0, 0.05) is 46.4 Å². The summed E-state index contributed by atoms with van der Waals surface area (Å²) in [6.07, 6.45) is -2.05. The van der Waals surface area contributed by atoms with E-state index in [4.69, 9.17) is 14.9 Å². The number of benzene rings is 1. The van der Waals surface area contributed by atoms with Crippen LogP contribution in [0.4, 0.5) is 28.0 Å². The van der Waals surface area contributed by atoms with E-state index in [1.54, 1.807) is 26.8 Å². The quantitative estimate of drug-likeness (QED) is 0.141. The number of aromatic nitrogens is 3. The summed E-state index contributed by atoms with van der Waals surface area (Å²) in [5, 5.41) is 19.0. The number of alkyl halides is 3. The van der Waals surface area contributed by atoms with Gasteiger partial charge in [0.25, 0.3) is 5.56 Å². The third kappa shape index (κ3) is 13.0. The van der Waals surface area contributed by atoms with Crippen LogP contribution in [0.15, 0.2) is 47.4 Å². The first kappa shape index (κ1) is 40.5. The van der Waals surface area contributed by atoms with Crippen LogP contribution < -0.4 is 16.2 Å². The molecule has 0 unspecified atom stereocenters. The summed E-state index contributed by atoms with van der Waals surface area (Å²) in [7, 11) is 3.50. The van der Waals surface area contributed by atoms with E-state index in [1.165, 1.54) is 31.5 Å². The fourth-order valence-corrected chi connectivity index (χ4v) is 4.15. The molecule has 0 aliphatic carbocycles. The zero-order chi connectivity index (χ0) is 35.9. The second-order valence-electron chi connectivity index (χ2n) is 10.7. The molecule has 2 amide bonds. The van der Waals surface area contributed by atoms with E-state index in [0.717, 1.165) is 35.5 Å². The van der Waals surface area contributed by atoms with Crippen molar-refractivity contribution in [3.8, 4) is 0 Å². The van der Waals surface area contributed by atoms with Gasteiger partial charge in [0.15, 0.2) is 0 Å². The molecule has 0 saturated heterocycles. The number of hydrogen-bond acceptors (Lipinski definition) is 8. The number of hydrogen-bond donors (Lipinski definition) is 4. The van der Waals surface area contributed by atoms with Gasteiger partial charge in [-0.3, -0.25) is 14.4 Å². The number of fused-ring (bicyclic) bond motifs is 1. The summed E-state index contributed by atoms with van der Waals surface area (Å²) in [6, 6.07) is 4.78. The lowest BCUT2D eigenvalue weighted by molar-refractivity contribution is -0.134. The highest BCUT2D eigenvalue weighted by atomic mass is 19.4. The number of aliphatic hydroxyl groups excluding tert-OH is 2. The lowest BCUT2D eigenvalue weighted by Crippen LogP contribution is -2.30. The van der Waals surface area contributed by atoms with Crippen molar-refractivity contribution in [2.75, 3.05) is 26.6 Å². The normalized spacial score (nSPS) is 11.3. The maximum atomic E-state index is 14.4. The van der Waals surface area contributed by atoms with Gasteiger partial charge in [-0.25, -0.2) is 18.7 Å². The number of pyridine rings is 1. The first-order chi connectivity index (χ1) is 22.1. The average molecular weight is 672 g/mol. The molecule has 0 aliphatic rings. The largest absolute Gasteiger partial charge is 0.443 e. The standard InChI is InChI=1S/C29H33F4N5O5.2CH4O/c1-28(2,3)43-27(42)38-22(35-21-16-19(30)15-18(25(21)38)12-13-29(31,32)33)17-37-14-8-9-20(26(37)41)36-24(40)11-7-5-6-10-23(39)34-4;2*1-2/h6,8-10,14-16H,5,7,11-13,17H2,1-4H3,(H,34,39)(H,36,40);2*2H,1H3/b10-6+;;. The molecule has 0 bridgehead atoms. The predicted octanol–water partition coefficient (Wildman–Crippen LogP) is 4.29. The lowest BCUT2D eigenvalue weighted by atomic mass is 10.1. The summed E-state index contributed by atoms with van der Waals surface area (Å²) in [5.41, 5.74) is -1.92. The van der Waals surface area contributed by atoms with Crippen LogP contribution in [-0.4, -0.2) is 75.3 Å². The molecular formula is C31H41F4N5O7. The second-order valence-corrected chi connectivity index (χ2v) is 10.7. The molecule has 0 fully saturated rings. The Hall–Kier alpha value is -4.57. The molecule has 4 N–H and O–H groups in total. The van der Waals surface area contributed by atoms with Crippen LogP contribution in [0.2, 0.25) is 0 Å².